The molecule has 2 bridgehead atoms. The van der Waals surface area contributed by atoms with E-state index in [9.17, 15) is 4.79 Å². The molecule has 31 heavy (non-hydrogen) atoms. The van der Waals surface area contributed by atoms with Gasteiger partial charge in [-0.15, -0.1) is 6.58 Å². The van der Waals surface area contributed by atoms with Crippen molar-refractivity contribution in [3.8, 4) is 0 Å². The summed E-state index contributed by atoms with van der Waals surface area (Å²) in [7, 11) is 0. The molecule has 0 spiro atoms. The molecule has 2 heterocycles. The molecule has 3 unspecified atom stereocenters. The molecule has 0 aliphatic carbocycles. The Kier molecular flexibility index (Phi) is 6.47. The summed E-state index contributed by atoms with van der Waals surface area (Å²) < 4.78 is 0. The molecule has 4 heteroatoms. The lowest BCUT2D eigenvalue weighted by Crippen LogP contribution is -2.53. The Hall–Kier alpha value is -2.59. The van der Waals surface area contributed by atoms with Gasteiger partial charge in [0.2, 0.25) is 0 Å². The van der Waals surface area contributed by atoms with Gasteiger partial charge in [-0.25, -0.2) is 0 Å². The van der Waals surface area contributed by atoms with Gasteiger partial charge in [0.1, 0.15) is 0 Å². The van der Waals surface area contributed by atoms with Crippen LogP contribution >= 0.6 is 0 Å². The lowest BCUT2D eigenvalue weighted by molar-refractivity contribution is 0.0570. The second-order valence-corrected chi connectivity index (χ2v) is 8.87. The molecular formula is C27H35N3O. The van der Waals surface area contributed by atoms with E-state index in [4.69, 9.17) is 0 Å². The average Bonchev–Trinajstić information content (AvgIpc) is 3.01. The van der Waals surface area contributed by atoms with Crippen LogP contribution in [0.2, 0.25) is 0 Å². The average molecular weight is 418 g/mol. The van der Waals surface area contributed by atoms with Crippen LogP contribution in [0.5, 0.6) is 0 Å². The van der Waals surface area contributed by atoms with Gasteiger partial charge >= 0.3 is 0 Å². The maximum atomic E-state index is 12.6. The summed E-state index contributed by atoms with van der Waals surface area (Å²) in [6, 6.07) is 20.0. The van der Waals surface area contributed by atoms with Crippen molar-refractivity contribution in [3.05, 3.63) is 78.4 Å². The standard InChI is InChI=1S/C27H35N3O/c1-4-18-30-25-16-17-27(30,22-10-8-7-9-11-22)20-24(19-25)28-23-14-12-21(13-15-23)26(31)29(5-2)6-3/h4,7-15,24-25,28H,1,5-6,16-20H2,2-3H3. The number of anilines is 1. The number of hydrogen-bond acceptors (Lipinski definition) is 3. The second kappa shape index (κ2) is 9.27. The summed E-state index contributed by atoms with van der Waals surface area (Å²) in [6.45, 7) is 10.5. The van der Waals surface area contributed by atoms with Gasteiger partial charge in [-0.3, -0.25) is 9.69 Å². The normalized spacial score (nSPS) is 25.2. The fourth-order valence-electron chi connectivity index (χ4n) is 5.73. The number of carbonyl (C=O) groups is 1. The Balaban J connectivity index is 1.52. The van der Waals surface area contributed by atoms with Gasteiger partial charge in [0.25, 0.3) is 5.91 Å². The molecule has 2 aromatic carbocycles. The van der Waals surface area contributed by atoms with Crippen LogP contribution < -0.4 is 5.32 Å². The maximum absolute atomic E-state index is 12.6. The van der Waals surface area contributed by atoms with E-state index in [1.54, 1.807) is 0 Å². The highest BCUT2D eigenvalue weighted by Crippen LogP contribution is 2.50. The minimum atomic E-state index is 0.0781. The van der Waals surface area contributed by atoms with Crippen LogP contribution in [0.15, 0.2) is 67.3 Å². The Labute approximate surface area is 186 Å². The third-order valence-electron chi connectivity index (χ3n) is 7.21. The predicted octanol–water partition coefficient (Wildman–Crippen LogP) is 5.29. The zero-order valence-corrected chi connectivity index (χ0v) is 18.9. The van der Waals surface area contributed by atoms with Gasteiger partial charge in [-0.05, 0) is 69.4 Å². The second-order valence-electron chi connectivity index (χ2n) is 8.87. The number of nitrogens with one attached hydrogen (secondary N) is 1. The Morgan fingerprint density at radius 2 is 1.87 bits per heavy atom. The van der Waals surface area contributed by atoms with E-state index in [0.717, 1.165) is 43.7 Å². The highest BCUT2D eigenvalue weighted by molar-refractivity contribution is 5.94. The highest BCUT2D eigenvalue weighted by Gasteiger charge is 2.51. The van der Waals surface area contributed by atoms with E-state index >= 15 is 0 Å². The predicted molar refractivity (Wildman–Crippen MR) is 128 cm³/mol. The topological polar surface area (TPSA) is 35.6 Å². The summed E-state index contributed by atoms with van der Waals surface area (Å²) >= 11 is 0. The summed E-state index contributed by atoms with van der Waals surface area (Å²) in [5, 5.41) is 3.78. The van der Waals surface area contributed by atoms with Crippen molar-refractivity contribution in [2.45, 2.75) is 57.2 Å². The third kappa shape index (κ3) is 4.14. The molecule has 0 saturated carbocycles. The first kappa shape index (κ1) is 21.6. The van der Waals surface area contributed by atoms with Crippen molar-refractivity contribution in [3.63, 3.8) is 0 Å². The van der Waals surface area contributed by atoms with Gasteiger partial charge in [-0.1, -0.05) is 36.4 Å². The van der Waals surface area contributed by atoms with Crippen LogP contribution in [0.25, 0.3) is 0 Å². The fraction of sp³-hybridized carbons (Fsp3) is 0.444. The molecule has 2 fully saturated rings. The minimum Gasteiger partial charge on any atom is -0.382 e. The molecule has 4 rings (SSSR count). The van der Waals surface area contributed by atoms with Gasteiger partial charge in [0, 0.05) is 48.5 Å². The lowest BCUT2D eigenvalue weighted by Gasteiger charge is -2.48. The first-order chi connectivity index (χ1) is 15.1. The summed E-state index contributed by atoms with van der Waals surface area (Å²) in [5.74, 6) is 0.107. The lowest BCUT2D eigenvalue weighted by atomic mass is 9.79. The number of fused-ring (bicyclic) bond motifs is 2. The maximum Gasteiger partial charge on any atom is 0.253 e. The molecule has 1 amide bonds. The summed E-state index contributed by atoms with van der Waals surface area (Å²) in [6.07, 6.45) is 6.71. The molecule has 0 aromatic heterocycles. The molecule has 2 aliphatic rings. The van der Waals surface area contributed by atoms with Gasteiger partial charge < -0.3 is 10.2 Å². The van der Waals surface area contributed by atoms with Crippen LogP contribution in [0.1, 0.15) is 55.5 Å². The Morgan fingerprint density at radius 3 is 2.52 bits per heavy atom. The molecule has 0 radical (unpaired) electrons. The number of rotatable bonds is 8. The van der Waals surface area contributed by atoms with Crippen LogP contribution in [0.4, 0.5) is 5.69 Å². The molecule has 164 valence electrons. The molecular weight excluding hydrogens is 382 g/mol. The number of benzene rings is 2. The molecule has 2 aromatic rings. The molecule has 2 saturated heterocycles. The first-order valence-corrected chi connectivity index (χ1v) is 11.7. The Bertz CT molecular complexity index is 890. The Morgan fingerprint density at radius 1 is 1.16 bits per heavy atom. The van der Waals surface area contributed by atoms with Crippen molar-refractivity contribution < 1.29 is 4.79 Å². The number of nitrogens with zero attached hydrogens (tertiary/aromatic N) is 2. The van der Waals surface area contributed by atoms with Crippen LogP contribution in [0.3, 0.4) is 0 Å². The van der Waals surface area contributed by atoms with Crippen molar-refractivity contribution in [1.29, 1.82) is 0 Å². The number of amides is 1. The van der Waals surface area contributed by atoms with E-state index in [1.165, 1.54) is 18.4 Å². The van der Waals surface area contributed by atoms with Crippen LogP contribution in [-0.2, 0) is 5.54 Å². The largest absolute Gasteiger partial charge is 0.382 e. The van der Waals surface area contributed by atoms with E-state index in [0.29, 0.717) is 12.1 Å². The highest BCUT2D eigenvalue weighted by atomic mass is 16.2. The van der Waals surface area contributed by atoms with E-state index < -0.39 is 0 Å². The first-order valence-electron chi connectivity index (χ1n) is 11.7. The third-order valence-corrected chi connectivity index (χ3v) is 7.21. The SMILES string of the molecule is C=CCN1C2CCC1(c1ccccc1)CC(Nc1ccc(C(=O)N(CC)CC)cc1)C2. The van der Waals surface area contributed by atoms with Crippen molar-refractivity contribution in [2.75, 3.05) is 25.0 Å². The van der Waals surface area contributed by atoms with Gasteiger partial charge in [0.05, 0.1) is 0 Å². The van der Waals surface area contributed by atoms with E-state index in [2.05, 4.69) is 65.3 Å². The number of hydrogen-bond donors (Lipinski definition) is 1. The number of piperidine rings is 1. The quantitative estimate of drug-likeness (QED) is 0.593. The van der Waals surface area contributed by atoms with Crippen molar-refractivity contribution in [1.82, 2.24) is 9.80 Å². The van der Waals surface area contributed by atoms with E-state index in [1.807, 2.05) is 30.9 Å². The van der Waals surface area contributed by atoms with Gasteiger partial charge in [0.15, 0.2) is 0 Å². The summed E-state index contributed by atoms with van der Waals surface area (Å²) in [4.78, 5) is 17.1. The van der Waals surface area contributed by atoms with Gasteiger partial charge in [-0.2, -0.15) is 0 Å². The van der Waals surface area contributed by atoms with Crippen molar-refractivity contribution >= 4 is 11.6 Å². The molecule has 2 aliphatic heterocycles. The van der Waals surface area contributed by atoms with E-state index in [-0.39, 0.29) is 11.4 Å². The zero-order valence-electron chi connectivity index (χ0n) is 18.9. The smallest absolute Gasteiger partial charge is 0.253 e. The molecule has 1 N–H and O–H groups in total. The monoisotopic (exact) mass is 417 g/mol. The van der Waals surface area contributed by atoms with Crippen molar-refractivity contribution in [2.24, 2.45) is 0 Å². The fourth-order valence-corrected chi connectivity index (χ4v) is 5.73. The minimum absolute atomic E-state index is 0.0781. The molecule has 4 nitrogen and oxygen atoms in total. The van der Waals surface area contributed by atoms with Crippen LogP contribution in [0, 0.1) is 0 Å². The summed E-state index contributed by atoms with van der Waals surface area (Å²) in [5.41, 5.74) is 3.36. The number of carbonyl (C=O) groups excluding carboxylic acids is 1. The molecule has 3 atom stereocenters. The zero-order chi connectivity index (χ0) is 21.8. The van der Waals surface area contributed by atoms with Crippen LogP contribution in [-0.4, -0.2) is 47.4 Å².